The van der Waals surface area contributed by atoms with Gasteiger partial charge in [-0.2, -0.15) is 0 Å². The zero-order valence-electron chi connectivity index (χ0n) is 9.45. The second-order valence-corrected chi connectivity index (χ2v) is 5.53. The number of halogens is 1. The second-order valence-electron chi connectivity index (χ2n) is 5.13. The molecular weight excluding hydrogens is 238 g/mol. The summed E-state index contributed by atoms with van der Waals surface area (Å²) < 4.78 is 0. The minimum Gasteiger partial charge on any atom is -0.397 e. The van der Waals surface area contributed by atoms with E-state index < -0.39 is 0 Å². The summed E-state index contributed by atoms with van der Waals surface area (Å²) >= 11 is 6.18. The van der Waals surface area contributed by atoms with E-state index in [0.717, 1.165) is 18.8 Å². The van der Waals surface area contributed by atoms with Crippen LogP contribution in [0.5, 0.6) is 0 Å². The molecule has 1 spiro atoms. The molecular formula is C12H14ClN3O. The molecule has 90 valence electrons. The van der Waals surface area contributed by atoms with Gasteiger partial charge in [-0.05, 0) is 42.0 Å². The predicted molar refractivity (Wildman–Crippen MR) is 69.8 cm³/mol. The summed E-state index contributed by atoms with van der Waals surface area (Å²) in [6.45, 7) is 2.08. The molecule has 0 atom stereocenters. The lowest BCUT2D eigenvalue weighted by Crippen LogP contribution is -2.20. The van der Waals surface area contributed by atoms with E-state index in [9.17, 15) is 4.91 Å². The van der Waals surface area contributed by atoms with Gasteiger partial charge in [0.25, 0.3) is 0 Å². The third-order valence-electron chi connectivity index (χ3n) is 3.93. The first-order valence-corrected chi connectivity index (χ1v) is 6.19. The minimum atomic E-state index is 0.221. The number of nitroso groups, excluding NO2 is 1. The number of anilines is 2. The van der Waals surface area contributed by atoms with Crippen LogP contribution in [0.3, 0.4) is 0 Å². The van der Waals surface area contributed by atoms with Gasteiger partial charge in [-0.3, -0.25) is 0 Å². The van der Waals surface area contributed by atoms with E-state index >= 15 is 0 Å². The third kappa shape index (κ3) is 1.76. The molecule has 17 heavy (non-hydrogen) atoms. The van der Waals surface area contributed by atoms with Crippen LogP contribution < -0.4 is 10.6 Å². The summed E-state index contributed by atoms with van der Waals surface area (Å²) in [5.41, 5.74) is 7.87. The van der Waals surface area contributed by atoms with Gasteiger partial charge in [-0.15, -0.1) is 4.91 Å². The van der Waals surface area contributed by atoms with Crippen molar-refractivity contribution >= 4 is 28.7 Å². The van der Waals surface area contributed by atoms with Crippen molar-refractivity contribution in [3.05, 3.63) is 22.1 Å². The molecule has 2 fully saturated rings. The summed E-state index contributed by atoms with van der Waals surface area (Å²) in [4.78, 5) is 12.8. The molecule has 0 radical (unpaired) electrons. The van der Waals surface area contributed by atoms with Gasteiger partial charge >= 0.3 is 0 Å². The third-order valence-corrected chi connectivity index (χ3v) is 4.23. The molecule has 1 heterocycles. The fourth-order valence-corrected chi connectivity index (χ4v) is 2.89. The number of rotatable bonds is 2. The van der Waals surface area contributed by atoms with Gasteiger partial charge in [-0.25, -0.2) is 0 Å². The number of hydrogen-bond acceptors (Lipinski definition) is 4. The molecule has 3 rings (SSSR count). The van der Waals surface area contributed by atoms with E-state index in [0.29, 0.717) is 16.1 Å². The van der Waals surface area contributed by atoms with Crippen LogP contribution in [0.2, 0.25) is 5.02 Å². The van der Waals surface area contributed by atoms with Crippen molar-refractivity contribution in [3.63, 3.8) is 0 Å². The van der Waals surface area contributed by atoms with Crippen LogP contribution >= 0.6 is 11.6 Å². The van der Waals surface area contributed by atoms with E-state index in [4.69, 9.17) is 17.3 Å². The van der Waals surface area contributed by atoms with Gasteiger partial charge in [-0.1, -0.05) is 11.6 Å². The molecule has 1 saturated heterocycles. The number of nitrogens with zero attached hydrogens (tertiary/aromatic N) is 2. The van der Waals surface area contributed by atoms with Gasteiger partial charge in [0.05, 0.1) is 16.4 Å². The molecule has 1 saturated carbocycles. The van der Waals surface area contributed by atoms with E-state index in [1.807, 2.05) is 0 Å². The second kappa shape index (κ2) is 3.60. The molecule has 1 aromatic rings. The van der Waals surface area contributed by atoms with Crippen molar-refractivity contribution in [2.75, 3.05) is 23.7 Å². The van der Waals surface area contributed by atoms with E-state index in [1.54, 1.807) is 12.1 Å². The fourth-order valence-electron chi connectivity index (χ4n) is 2.61. The average Bonchev–Trinajstić information content (AvgIpc) is 2.93. The quantitative estimate of drug-likeness (QED) is 0.648. The molecule has 0 aromatic heterocycles. The van der Waals surface area contributed by atoms with Crippen molar-refractivity contribution in [2.45, 2.75) is 19.3 Å². The van der Waals surface area contributed by atoms with Gasteiger partial charge in [0.1, 0.15) is 5.69 Å². The average molecular weight is 252 g/mol. The first kappa shape index (κ1) is 10.8. The number of nitrogens with two attached hydrogens (primary N) is 1. The molecule has 2 N–H and O–H groups in total. The van der Waals surface area contributed by atoms with E-state index in [1.165, 1.54) is 19.3 Å². The Bertz CT molecular complexity index is 485. The minimum absolute atomic E-state index is 0.221. The molecule has 1 aliphatic heterocycles. The van der Waals surface area contributed by atoms with Crippen molar-refractivity contribution in [1.29, 1.82) is 0 Å². The zero-order chi connectivity index (χ0) is 12.0. The Kier molecular flexibility index (Phi) is 2.30. The van der Waals surface area contributed by atoms with Gasteiger partial charge in [0.2, 0.25) is 0 Å². The predicted octanol–water partition coefficient (Wildman–Crippen LogP) is 3.31. The Morgan fingerprint density at radius 2 is 2.12 bits per heavy atom. The highest BCUT2D eigenvalue weighted by molar-refractivity contribution is 6.33. The molecule has 0 unspecified atom stereocenters. The Morgan fingerprint density at radius 1 is 1.35 bits per heavy atom. The van der Waals surface area contributed by atoms with Crippen molar-refractivity contribution in [1.82, 2.24) is 0 Å². The monoisotopic (exact) mass is 251 g/mol. The summed E-state index contributed by atoms with van der Waals surface area (Å²) in [6.07, 6.45) is 3.88. The van der Waals surface area contributed by atoms with Gasteiger partial charge in [0, 0.05) is 13.1 Å². The number of benzene rings is 1. The van der Waals surface area contributed by atoms with Crippen LogP contribution in [0, 0.1) is 10.3 Å². The van der Waals surface area contributed by atoms with Crippen LogP contribution in [0.25, 0.3) is 0 Å². The van der Waals surface area contributed by atoms with E-state index in [2.05, 4.69) is 10.1 Å². The normalized spacial score (nSPS) is 20.9. The Labute approximate surface area is 105 Å². The first-order valence-electron chi connectivity index (χ1n) is 5.81. The molecule has 0 bridgehead atoms. The summed E-state index contributed by atoms with van der Waals surface area (Å²) in [6, 6.07) is 3.32. The summed E-state index contributed by atoms with van der Waals surface area (Å²) in [5, 5.41) is 3.42. The Hall–Kier alpha value is -1.29. The van der Waals surface area contributed by atoms with Crippen molar-refractivity contribution in [2.24, 2.45) is 10.6 Å². The topological polar surface area (TPSA) is 58.7 Å². The smallest absolute Gasteiger partial charge is 0.132 e. The van der Waals surface area contributed by atoms with Crippen LogP contribution in [0.1, 0.15) is 19.3 Å². The fraction of sp³-hybridized carbons (Fsp3) is 0.500. The highest BCUT2D eigenvalue weighted by atomic mass is 35.5. The van der Waals surface area contributed by atoms with Crippen molar-refractivity contribution < 1.29 is 0 Å². The van der Waals surface area contributed by atoms with Crippen LogP contribution in [-0.2, 0) is 0 Å². The molecule has 1 aromatic carbocycles. The Balaban J connectivity index is 1.92. The summed E-state index contributed by atoms with van der Waals surface area (Å²) in [7, 11) is 0. The van der Waals surface area contributed by atoms with Crippen LogP contribution in [0.4, 0.5) is 17.1 Å². The van der Waals surface area contributed by atoms with E-state index in [-0.39, 0.29) is 5.69 Å². The first-order chi connectivity index (χ1) is 8.13. The maximum atomic E-state index is 10.5. The largest absolute Gasteiger partial charge is 0.397 e. The number of nitrogen functional groups attached to an aromatic ring is 1. The Morgan fingerprint density at radius 3 is 2.71 bits per heavy atom. The molecule has 0 amide bonds. The molecule has 4 nitrogen and oxygen atoms in total. The van der Waals surface area contributed by atoms with Crippen LogP contribution in [0.15, 0.2) is 17.3 Å². The maximum Gasteiger partial charge on any atom is 0.132 e. The summed E-state index contributed by atoms with van der Waals surface area (Å²) in [5.74, 6) is 0. The van der Waals surface area contributed by atoms with Crippen LogP contribution in [-0.4, -0.2) is 13.1 Å². The standard InChI is InChI=1S/C12H14ClN3O/c13-8-5-10(15-17)9(14)6-11(8)16-4-3-12(7-16)1-2-12/h5-6H,1-4,7,14H2. The SMILES string of the molecule is Nc1cc(N2CCC3(CC3)C2)c(Cl)cc1N=O. The molecule has 2 aliphatic rings. The highest BCUT2D eigenvalue weighted by Gasteiger charge is 2.47. The maximum absolute atomic E-state index is 10.5. The number of hydrogen-bond donors (Lipinski definition) is 1. The highest BCUT2D eigenvalue weighted by Crippen LogP contribution is 2.54. The van der Waals surface area contributed by atoms with Gasteiger partial charge in [0.15, 0.2) is 0 Å². The van der Waals surface area contributed by atoms with Crippen molar-refractivity contribution in [3.8, 4) is 0 Å². The van der Waals surface area contributed by atoms with Gasteiger partial charge < -0.3 is 10.6 Å². The molecule has 5 heteroatoms. The lowest BCUT2D eigenvalue weighted by Gasteiger charge is -2.20. The zero-order valence-corrected chi connectivity index (χ0v) is 10.2. The lowest BCUT2D eigenvalue weighted by atomic mass is 10.1. The lowest BCUT2D eigenvalue weighted by molar-refractivity contribution is 0.581. The molecule has 1 aliphatic carbocycles.